The minimum Gasteiger partial charge on any atom is -0.492 e. The zero-order chi connectivity index (χ0) is 21.3. The summed E-state index contributed by atoms with van der Waals surface area (Å²) in [6.45, 7) is 4.96. The van der Waals surface area contributed by atoms with Crippen molar-refractivity contribution < 1.29 is 27.2 Å². The van der Waals surface area contributed by atoms with Gasteiger partial charge in [-0.3, -0.25) is 9.35 Å². The number of nitrogens with one attached hydrogen (secondary N) is 1. The molecule has 10 heteroatoms. The molecule has 0 unspecified atom stereocenters. The fourth-order valence-electron chi connectivity index (χ4n) is 2.15. The fourth-order valence-corrected chi connectivity index (χ4v) is 2.15. The van der Waals surface area contributed by atoms with Gasteiger partial charge in [0.1, 0.15) is 0 Å². The highest BCUT2D eigenvalue weighted by Gasteiger charge is 2.13. The lowest BCUT2D eigenvalue weighted by Gasteiger charge is -2.16. The number of pyridine rings is 1. The minimum absolute atomic E-state index is 0.333. The quantitative estimate of drug-likeness (QED) is 0.591. The van der Waals surface area contributed by atoms with Crippen molar-refractivity contribution >= 4 is 21.7 Å². The van der Waals surface area contributed by atoms with Gasteiger partial charge in [-0.15, -0.1) is 0 Å². The van der Waals surface area contributed by atoms with E-state index in [0.717, 1.165) is 24.2 Å². The van der Waals surface area contributed by atoms with Crippen LogP contribution in [0.25, 0.3) is 0 Å². The van der Waals surface area contributed by atoms with Gasteiger partial charge >= 0.3 is 0 Å². The molecule has 0 spiro atoms. The molecule has 0 saturated heterocycles. The van der Waals surface area contributed by atoms with Gasteiger partial charge in [-0.2, -0.15) is 8.42 Å². The second-order valence-electron chi connectivity index (χ2n) is 5.78. The largest absolute Gasteiger partial charge is 0.492 e. The van der Waals surface area contributed by atoms with Crippen LogP contribution in [0.15, 0.2) is 30.5 Å². The predicted octanol–water partition coefficient (Wildman–Crippen LogP) is 2.62. The van der Waals surface area contributed by atoms with Gasteiger partial charge in [0.25, 0.3) is 10.1 Å². The molecular formula is C18H25N3O6S. The zero-order valence-corrected chi connectivity index (χ0v) is 17.0. The van der Waals surface area contributed by atoms with Gasteiger partial charge in [0.2, 0.25) is 11.8 Å². The summed E-state index contributed by atoms with van der Waals surface area (Å²) in [5, 5.41) is 3.35. The van der Waals surface area contributed by atoms with E-state index >= 15 is 0 Å². The number of primary amides is 1. The Hall–Kier alpha value is -2.85. The molecule has 154 valence electrons. The number of hydrogen-bond donors (Lipinski definition) is 3. The molecule has 0 aliphatic heterocycles. The number of carbonyl (C=O) groups excluding carboxylic acids is 1. The number of hydrogen-bond acceptors (Lipinski definition) is 7. The van der Waals surface area contributed by atoms with Crippen molar-refractivity contribution in [3.63, 3.8) is 0 Å². The highest BCUT2D eigenvalue weighted by Crippen LogP contribution is 2.37. The van der Waals surface area contributed by atoms with Gasteiger partial charge in [0.15, 0.2) is 11.5 Å². The first-order chi connectivity index (χ1) is 13.1. The number of aromatic nitrogens is 1. The summed E-state index contributed by atoms with van der Waals surface area (Å²) >= 11 is 0. The second kappa shape index (κ2) is 10.5. The predicted molar refractivity (Wildman–Crippen MR) is 107 cm³/mol. The Morgan fingerprint density at radius 1 is 1.29 bits per heavy atom. The van der Waals surface area contributed by atoms with E-state index in [-0.39, 0.29) is 0 Å². The Morgan fingerprint density at radius 3 is 2.39 bits per heavy atom. The summed E-state index contributed by atoms with van der Waals surface area (Å²) in [5.74, 6) is 1.05. The van der Waals surface area contributed by atoms with Crippen LogP contribution < -0.4 is 20.5 Å². The molecule has 0 fully saturated rings. The van der Waals surface area contributed by atoms with Gasteiger partial charge in [-0.05, 0) is 31.5 Å². The first-order valence-corrected chi connectivity index (χ1v) is 10.2. The van der Waals surface area contributed by atoms with E-state index in [0.29, 0.717) is 29.2 Å². The Labute approximate surface area is 164 Å². The van der Waals surface area contributed by atoms with E-state index in [2.05, 4.69) is 17.2 Å². The summed E-state index contributed by atoms with van der Waals surface area (Å²) in [7, 11) is -2.07. The summed E-state index contributed by atoms with van der Waals surface area (Å²) < 4.78 is 37.1. The molecule has 0 radical (unpaired) electrons. The molecule has 0 atom stereocenters. The van der Waals surface area contributed by atoms with Crippen LogP contribution in [0.3, 0.4) is 0 Å². The average molecular weight is 411 g/mol. The maximum Gasteiger partial charge on any atom is 0.261 e. The van der Waals surface area contributed by atoms with Gasteiger partial charge in [0, 0.05) is 30.1 Å². The lowest BCUT2D eigenvalue weighted by molar-refractivity contribution is 0.1000. The van der Waals surface area contributed by atoms with E-state index in [9.17, 15) is 13.2 Å². The number of amides is 1. The van der Waals surface area contributed by atoms with Crippen LogP contribution in [0, 0.1) is 6.92 Å². The van der Waals surface area contributed by atoms with Gasteiger partial charge in [0.05, 0.1) is 18.9 Å². The topological polar surface area (TPSA) is 141 Å². The van der Waals surface area contributed by atoms with E-state index in [1.807, 2.05) is 19.1 Å². The number of ether oxygens (including phenoxy) is 2. The number of nitrogens with zero attached hydrogens (tertiary/aromatic N) is 1. The number of benzene rings is 1. The molecule has 28 heavy (non-hydrogen) atoms. The first-order valence-electron chi connectivity index (χ1n) is 8.34. The van der Waals surface area contributed by atoms with Crippen LogP contribution in [0.1, 0.15) is 29.3 Å². The van der Waals surface area contributed by atoms with Crippen molar-refractivity contribution in [3.8, 4) is 17.4 Å². The lowest BCUT2D eigenvalue weighted by Crippen LogP contribution is -2.11. The van der Waals surface area contributed by atoms with E-state index in [1.54, 1.807) is 19.2 Å². The summed E-state index contributed by atoms with van der Waals surface area (Å²) in [4.78, 5) is 15.1. The molecular weight excluding hydrogens is 386 g/mol. The van der Waals surface area contributed by atoms with Crippen molar-refractivity contribution in [2.45, 2.75) is 20.3 Å². The monoisotopic (exact) mass is 411 g/mol. The SMILES string of the molecule is CCCNc1ccc(Oc2ccc(C(N)=O)cn2)c(OC)c1C.CS(=O)(=O)O. The normalized spacial score (nSPS) is 10.5. The molecule has 4 N–H and O–H groups in total. The summed E-state index contributed by atoms with van der Waals surface area (Å²) in [5.41, 5.74) is 7.50. The van der Waals surface area contributed by atoms with E-state index < -0.39 is 16.0 Å². The van der Waals surface area contributed by atoms with Crippen LogP contribution in [0.5, 0.6) is 17.4 Å². The Kier molecular flexibility index (Phi) is 8.68. The molecule has 1 amide bonds. The molecule has 0 aliphatic rings. The number of rotatable bonds is 7. The zero-order valence-electron chi connectivity index (χ0n) is 16.2. The molecule has 0 aliphatic carbocycles. The van der Waals surface area contributed by atoms with Crippen molar-refractivity contribution in [1.82, 2.24) is 4.98 Å². The average Bonchev–Trinajstić information content (AvgIpc) is 2.60. The summed E-state index contributed by atoms with van der Waals surface area (Å²) in [6, 6.07) is 6.94. The smallest absolute Gasteiger partial charge is 0.261 e. The maximum atomic E-state index is 11.1. The molecule has 0 bridgehead atoms. The van der Waals surface area contributed by atoms with Crippen molar-refractivity contribution in [3.05, 3.63) is 41.6 Å². The number of carbonyl (C=O) groups is 1. The first kappa shape index (κ1) is 23.2. The standard InChI is InChI=1S/C17H21N3O3.CH4O3S/c1-4-9-19-13-6-7-14(16(22-3)11(13)2)23-15-8-5-12(10-20-15)17(18)21;1-5(2,3)4/h5-8,10,19H,4,9H2,1-3H3,(H2,18,21);1H3,(H,2,3,4). The van der Waals surface area contributed by atoms with Crippen LogP contribution in [-0.2, 0) is 10.1 Å². The number of methoxy groups -OCH3 is 1. The van der Waals surface area contributed by atoms with E-state index in [1.165, 1.54) is 6.20 Å². The molecule has 9 nitrogen and oxygen atoms in total. The third-order valence-corrected chi connectivity index (χ3v) is 3.37. The fraction of sp³-hybridized carbons (Fsp3) is 0.333. The molecule has 2 aromatic rings. The van der Waals surface area contributed by atoms with Crippen LogP contribution in [0.2, 0.25) is 0 Å². The number of nitrogens with two attached hydrogens (primary N) is 1. The third kappa shape index (κ3) is 7.80. The number of anilines is 1. The minimum atomic E-state index is -3.67. The van der Waals surface area contributed by atoms with Crippen molar-refractivity contribution in [1.29, 1.82) is 0 Å². The van der Waals surface area contributed by atoms with Gasteiger partial charge in [-0.25, -0.2) is 4.98 Å². The highest BCUT2D eigenvalue weighted by atomic mass is 32.2. The van der Waals surface area contributed by atoms with E-state index in [4.69, 9.17) is 19.8 Å². The molecule has 0 saturated carbocycles. The summed E-state index contributed by atoms with van der Waals surface area (Å²) in [6.07, 6.45) is 3.14. The lowest BCUT2D eigenvalue weighted by atomic mass is 10.1. The highest BCUT2D eigenvalue weighted by molar-refractivity contribution is 7.85. The molecule has 1 heterocycles. The van der Waals surface area contributed by atoms with Crippen LogP contribution in [-0.4, -0.2) is 43.8 Å². The Balaban J connectivity index is 0.000000696. The molecule has 1 aromatic carbocycles. The molecule has 1 aromatic heterocycles. The molecule has 2 rings (SSSR count). The van der Waals surface area contributed by atoms with Gasteiger partial charge in [-0.1, -0.05) is 6.92 Å². The van der Waals surface area contributed by atoms with Crippen LogP contribution in [0.4, 0.5) is 5.69 Å². The van der Waals surface area contributed by atoms with Crippen LogP contribution >= 0.6 is 0 Å². The second-order valence-corrected chi connectivity index (χ2v) is 7.25. The Morgan fingerprint density at radius 2 is 1.93 bits per heavy atom. The van der Waals surface area contributed by atoms with Crippen molar-refractivity contribution in [2.24, 2.45) is 5.73 Å². The van der Waals surface area contributed by atoms with Gasteiger partial charge < -0.3 is 20.5 Å². The van der Waals surface area contributed by atoms with Crippen molar-refractivity contribution in [2.75, 3.05) is 25.2 Å². The third-order valence-electron chi connectivity index (χ3n) is 3.37. The Bertz CT molecular complexity index is 890. The maximum absolute atomic E-state index is 11.1.